The van der Waals surface area contributed by atoms with Gasteiger partial charge < -0.3 is 24.8 Å². The smallest absolute Gasteiger partial charge is 0.311 e. The molecule has 7 heteroatoms. The van der Waals surface area contributed by atoms with Gasteiger partial charge >= 0.3 is 11.9 Å². The Kier molecular flexibility index (Phi) is 12.7. The number of rotatable bonds is 16. The summed E-state index contributed by atoms with van der Waals surface area (Å²) in [5.74, 6) is -1.56. The summed E-state index contributed by atoms with van der Waals surface area (Å²) in [5.41, 5.74) is 2.89. The minimum Gasteiger partial charge on any atom is -0.481 e. The average Bonchev–Trinajstić information content (AvgIpc) is 3.10. The fourth-order valence-corrected chi connectivity index (χ4v) is 4.41. The van der Waals surface area contributed by atoms with Gasteiger partial charge in [0.2, 0.25) is 0 Å². The summed E-state index contributed by atoms with van der Waals surface area (Å²) in [4.78, 5) is 22.9. The number of esters is 1. The standard InChI is InChI=1S/C28H40O7/c1-3-4-5-6-7-11-24-23(25(30)18-26(24)35-28(33)15-14-27(31)32)13-12-22(29)17-20-9-8-10-21(16-20)19-34-2/h8-10,12-13,16,22-23,25,29-30H,3-7,11,14-15,17-19H2,1-2H3,(H,31,32)/b13-12+/t22-,23-,25-/m1/s1. The van der Waals surface area contributed by atoms with Crippen molar-refractivity contribution in [2.45, 2.75) is 89.9 Å². The largest absolute Gasteiger partial charge is 0.481 e. The van der Waals surface area contributed by atoms with Gasteiger partial charge in [-0.1, -0.05) is 69.0 Å². The van der Waals surface area contributed by atoms with Crippen molar-refractivity contribution >= 4 is 11.9 Å². The van der Waals surface area contributed by atoms with Crippen LogP contribution in [0.4, 0.5) is 0 Å². The molecule has 1 aliphatic rings. The molecule has 2 rings (SSSR count). The average molecular weight is 489 g/mol. The maximum atomic E-state index is 12.2. The molecule has 0 aromatic heterocycles. The predicted molar refractivity (Wildman–Crippen MR) is 133 cm³/mol. The molecule has 1 aliphatic carbocycles. The molecule has 1 aromatic rings. The van der Waals surface area contributed by atoms with Gasteiger partial charge in [-0.05, 0) is 29.5 Å². The van der Waals surface area contributed by atoms with Crippen LogP contribution in [-0.4, -0.2) is 46.6 Å². The minimum absolute atomic E-state index is 0.202. The van der Waals surface area contributed by atoms with Crippen LogP contribution >= 0.6 is 0 Å². The number of carbonyl (C=O) groups excluding carboxylic acids is 1. The zero-order valence-corrected chi connectivity index (χ0v) is 20.9. The van der Waals surface area contributed by atoms with Crippen LogP contribution in [0.2, 0.25) is 0 Å². The summed E-state index contributed by atoms with van der Waals surface area (Å²) >= 11 is 0. The van der Waals surface area contributed by atoms with Crippen LogP contribution in [0.3, 0.4) is 0 Å². The number of ether oxygens (including phenoxy) is 2. The van der Waals surface area contributed by atoms with Crippen LogP contribution < -0.4 is 0 Å². The first-order valence-electron chi connectivity index (χ1n) is 12.6. The quantitative estimate of drug-likeness (QED) is 0.176. The van der Waals surface area contributed by atoms with Crippen molar-refractivity contribution in [1.29, 1.82) is 0 Å². The molecule has 0 bridgehead atoms. The van der Waals surface area contributed by atoms with E-state index in [4.69, 9.17) is 14.6 Å². The van der Waals surface area contributed by atoms with Gasteiger partial charge in [-0.3, -0.25) is 9.59 Å². The lowest BCUT2D eigenvalue weighted by Gasteiger charge is -2.16. The number of carboxylic acids is 1. The minimum atomic E-state index is -1.05. The summed E-state index contributed by atoms with van der Waals surface area (Å²) < 4.78 is 10.7. The van der Waals surface area contributed by atoms with E-state index in [-0.39, 0.29) is 25.2 Å². The van der Waals surface area contributed by atoms with Crippen LogP contribution in [-0.2, 0) is 32.1 Å². The molecule has 7 nitrogen and oxygen atoms in total. The Morgan fingerprint density at radius 2 is 1.89 bits per heavy atom. The lowest BCUT2D eigenvalue weighted by molar-refractivity contribution is -0.145. The summed E-state index contributed by atoms with van der Waals surface area (Å²) in [5, 5.41) is 30.1. The molecule has 0 fully saturated rings. The number of aliphatic hydroxyl groups excluding tert-OH is 2. The second-order valence-corrected chi connectivity index (χ2v) is 9.19. The molecular weight excluding hydrogens is 448 g/mol. The first-order chi connectivity index (χ1) is 16.8. The van der Waals surface area contributed by atoms with Crippen molar-refractivity contribution in [1.82, 2.24) is 0 Å². The molecular formula is C28H40O7. The highest BCUT2D eigenvalue weighted by Crippen LogP contribution is 2.37. The van der Waals surface area contributed by atoms with Crippen molar-refractivity contribution in [3.8, 4) is 0 Å². The molecule has 0 radical (unpaired) electrons. The van der Waals surface area contributed by atoms with Gasteiger partial charge in [0.05, 0.1) is 31.7 Å². The Morgan fingerprint density at radius 3 is 2.60 bits per heavy atom. The second kappa shape index (κ2) is 15.5. The van der Waals surface area contributed by atoms with E-state index in [0.717, 1.165) is 42.4 Å². The third-order valence-corrected chi connectivity index (χ3v) is 6.19. The number of hydrogen-bond acceptors (Lipinski definition) is 6. The predicted octanol–water partition coefficient (Wildman–Crippen LogP) is 4.70. The Morgan fingerprint density at radius 1 is 1.14 bits per heavy atom. The Labute approximate surface area is 208 Å². The van der Waals surface area contributed by atoms with Gasteiger partial charge in [-0.25, -0.2) is 0 Å². The summed E-state index contributed by atoms with van der Waals surface area (Å²) in [6.45, 7) is 2.67. The van der Waals surface area contributed by atoms with Crippen molar-refractivity contribution in [2.75, 3.05) is 7.11 Å². The van der Waals surface area contributed by atoms with Crippen molar-refractivity contribution in [2.24, 2.45) is 5.92 Å². The van der Waals surface area contributed by atoms with Gasteiger partial charge in [0.1, 0.15) is 5.76 Å². The molecule has 3 atom stereocenters. The first kappa shape index (κ1) is 28.8. The number of aliphatic hydroxyl groups is 2. The van der Waals surface area contributed by atoms with Crippen LogP contribution in [0.5, 0.6) is 0 Å². The van der Waals surface area contributed by atoms with Crippen LogP contribution in [0, 0.1) is 5.92 Å². The highest BCUT2D eigenvalue weighted by molar-refractivity contribution is 5.77. The van der Waals surface area contributed by atoms with Crippen LogP contribution in [0.1, 0.15) is 75.8 Å². The highest BCUT2D eigenvalue weighted by atomic mass is 16.5. The van der Waals surface area contributed by atoms with E-state index in [1.807, 2.05) is 30.3 Å². The third kappa shape index (κ3) is 10.3. The lowest BCUT2D eigenvalue weighted by atomic mass is 9.93. The van der Waals surface area contributed by atoms with Crippen LogP contribution in [0.25, 0.3) is 0 Å². The molecule has 0 saturated heterocycles. The van der Waals surface area contributed by atoms with Gasteiger partial charge in [0.15, 0.2) is 0 Å². The van der Waals surface area contributed by atoms with Crippen molar-refractivity contribution in [3.63, 3.8) is 0 Å². The number of unbranched alkanes of at least 4 members (excludes halogenated alkanes) is 4. The van der Waals surface area contributed by atoms with Crippen molar-refractivity contribution in [3.05, 3.63) is 58.9 Å². The van der Waals surface area contributed by atoms with Crippen LogP contribution in [0.15, 0.2) is 47.7 Å². The molecule has 0 saturated carbocycles. The molecule has 0 aliphatic heterocycles. The topological polar surface area (TPSA) is 113 Å². The number of methoxy groups -OCH3 is 1. The monoisotopic (exact) mass is 488 g/mol. The molecule has 0 amide bonds. The van der Waals surface area contributed by atoms with E-state index < -0.39 is 24.1 Å². The lowest BCUT2D eigenvalue weighted by Crippen LogP contribution is -2.16. The molecule has 1 aromatic carbocycles. The molecule has 194 valence electrons. The Bertz CT molecular complexity index is 874. The van der Waals surface area contributed by atoms with E-state index in [9.17, 15) is 19.8 Å². The summed E-state index contributed by atoms with van der Waals surface area (Å²) in [6, 6.07) is 7.87. The molecule has 35 heavy (non-hydrogen) atoms. The number of benzene rings is 1. The number of carbonyl (C=O) groups is 2. The highest BCUT2D eigenvalue weighted by Gasteiger charge is 2.34. The van der Waals surface area contributed by atoms with Gasteiger partial charge in [0, 0.05) is 25.9 Å². The third-order valence-electron chi connectivity index (χ3n) is 6.19. The zero-order valence-electron chi connectivity index (χ0n) is 20.9. The van der Waals surface area contributed by atoms with E-state index in [1.165, 1.54) is 6.42 Å². The number of carboxylic acid groups (broad SMARTS) is 1. The first-order valence-corrected chi connectivity index (χ1v) is 12.6. The summed E-state index contributed by atoms with van der Waals surface area (Å²) in [7, 11) is 1.64. The summed E-state index contributed by atoms with van der Waals surface area (Å²) in [6.07, 6.45) is 8.25. The van der Waals surface area contributed by atoms with Crippen molar-refractivity contribution < 1.29 is 34.4 Å². The maximum Gasteiger partial charge on any atom is 0.311 e. The molecule has 3 N–H and O–H groups in total. The Balaban J connectivity index is 2.09. The number of hydrogen-bond donors (Lipinski definition) is 3. The molecule has 0 unspecified atom stereocenters. The molecule has 0 spiro atoms. The van der Waals surface area contributed by atoms with E-state index in [2.05, 4.69) is 6.92 Å². The van der Waals surface area contributed by atoms with E-state index >= 15 is 0 Å². The van der Waals surface area contributed by atoms with Gasteiger partial charge in [0.25, 0.3) is 0 Å². The maximum absolute atomic E-state index is 12.2. The fourth-order valence-electron chi connectivity index (χ4n) is 4.41. The van der Waals surface area contributed by atoms with Gasteiger partial charge in [-0.15, -0.1) is 0 Å². The number of aliphatic carboxylic acids is 1. The van der Waals surface area contributed by atoms with E-state index in [0.29, 0.717) is 25.2 Å². The normalized spacial score (nSPS) is 18.9. The zero-order chi connectivity index (χ0) is 25.6. The SMILES string of the molecule is CCCCCCCC1=C(OC(=O)CCC(=O)O)C[C@@H](O)[C@@H]1/C=C/[C@@H](O)Cc1cccc(COC)c1. The van der Waals surface area contributed by atoms with E-state index in [1.54, 1.807) is 13.2 Å². The fraction of sp³-hybridized carbons (Fsp3) is 0.571. The Hall–Kier alpha value is -2.48. The van der Waals surface area contributed by atoms with Gasteiger partial charge in [-0.2, -0.15) is 0 Å². The second-order valence-electron chi connectivity index (χ2n) is 9.19. The molecule has 0 heterocycles.